The summed E-state index contributed by atoms with van der Waals surface area (Å²) in [4.78, 5) is 31.1. The third kappa shape index (κ3) is 6.85. The van der Waals surface area contributed by atoms with Crippen LogP contribution < -0.4 is 10.6 Å². The first kappa shape index (κ1) is 22.9. The van der Waals surface area contributed by atoms with E-state index in [0.717, 1.165) is 23.5 Å². The molecule has 0 spiro atoms. The highest BCUT2D eigenvalue weighted by atomic mass is 32.1. The molecular formula is C22H32N4O2S. The number of benzene rings is 1. The summed E-state index contributed by atoms with van der Waals surface area (Å²) in [6, 6.07) is 7.73. The molecule has 0 aliphatic heterocycles. The monoisotopic (exact) mass is 416 g/mol. The molecule has 0 radical (unpaired) electrons. The van der Waals surface area contributed by atoms with E-state index in [4.69, 9.17) is 0 Å². The number of carbonyl (C=O) groups is 2. The molecular weight excluding hydrogens is 384 g/mol. The van der Waals surface area contributed by atoms with Gasteiger partial charge in [0.15, 0.2) is 0 Å². The Balaban J connectivity index is 2.00. The highest BCUT2D eigenvalue weighted by Crippen LogP contribution is 2.19. The van der Waals surface area contributed by atoms with Gasteiger partial charge in [0.25, 0.3) is 5.91 Å². The van der Waals surface area contributed by atoms with Gasteiger partial charge in [-0.15, -0.1) is 11.3 Å². The molecule has 0 bridgehead atoms. The Labute approximate surface area is 177 Å². The largest absolute Gasteiger partial charge is 0.351 e. The van der Waals surface area contributed by atoms with Crippen molar-refractivity contribution in [3.8, 4) is 0 Å². The van der Waals surface area contributed by atoms with Gasteiger partial charge in [0.2, 0.25) is 0 Å². The first-order valence-corrected chi connectivity index (χ1v) is 11.1. The summed E-state index contributed by atoms with van der Waals surface area (Å²) >= 11 is 1.40. The predicted octanol–water partition coefficient (Wildman–Crippen LogP) is 5.24. The number of amides is 3. The first-order chi connectivity index (χ1) is 13.8. The molecule has 0 atom stereocenters. The minimum Gasteiger partial charge on any atom is -0.351 e. The van der Waals surface area contributed by atoms with E-state index < -0.39 is 0 Å². The summed E-state index contributed by atoms with van der Waals surface area (Å²) in [7, 11) is 0. The average molecular weight is 417 g/mol. The Bertz CT molecular complexity index is 799. The second-order valence-corrected chi connectivity index (χ2v) is 8.61. The summed E-state index contributed by atoms with van der Waals surface area (Å²) in [5.41, 5.74) is 2.41. The number of aromatic nitrogens is 1. The molecule has 0 aliphatic rings. The van der Waals surface area contributed by atoms with Gasteiger partial charge in [-0.3, -0.25) is 4.79 Å². The fourth-order valence-electron chi connectivity index (χ4n) is 2.74. The van der Waals surface area contributed by atoms with Crippen molar-refractivity contribution in [2.75, 3.05) is 11.9 Å². The quantitative estimate of drug-likeness (QED) is 0.549. The Kier molecular flexibility index (Phi) is 8.64. The highest BCUT2D eigenvalue weighted by molar-refractivity contribution is 7.09. The van der Waals surface area contributed by atoms with E-state index in [2.05, 4.69) is 36.4 Å². The van der Waals surface area contributed by atoms with E-state index in [9.17, 15) is 9.59 Å². The van der Waals surface area contributed by atoms with Gasteiger partial charge >= 0.3 is 6.03 Å². The summed E-state index contributed by atoms with van der Waals surface area (Å²) in [5.74, 6) is 0.289. The Morgan fingerprint density at radius 1 is 1.14 bits per heavy atom. The van der Waals surface area contributed by atoms with Crippen molar-refractivity contribution >= 4 is 29.0 Å². The lowest BCUT2D eigenvalue weighted by molar-refractivity contribution is 0.0948. The SMILES string of the molecule is CCCCNC(=O)c1csc(CN(C(=O)Nc2ccc(C(C)C)cc2)C(C)C)n1. The van der Waals surface area contributed by atoms with Gasteiger partial charge in [0.1, 0.15) is 10.7 Å². The zero-order chi connectivity index (χ0) is 21.4. The number of hydrogen-bond donors (Lipinski definition) is 2. The fourth-order valence-corrected chi connectivity index (χ4v) is 3.51. The van der Waals surface area contributed by atoms with Crippen molar-refractivity contribution in [3.63, 3.8) is 0 Å². The Morgan fingerprint density at radius 3 is 2.41 bits per heavy atom. The lowest BCUT2D eigenvalue weighted by Gasteiger charge is -2.26. The van der Waals surface area contributed by atoms with E-state index in [0.29, 0.717) is 24.7 Å². The molecule has 0 fully saturated rings. The zero-order valence-electron chi connectivity index (χ0n) is 18.0. The lowest BCUT2D eigenvalue weighted by Crippen LogP contribution is -2.39. The van der Waals surface area contributed by atoms with Crippen LogP contribution in [0.4, 0.5) is 10.5 Å². The van der Waals surface area contributed by atoms with Crippen LogP contribution in [-0.4, -0.2) is 34.4 Å². The van der Waals surface area contributed by atoms with Crippen molar-refractivity contribution in [1.29, 1.82) is 0 Å². The number of rotatable bonds is 9. The number of hydrogen-bond acceptors (Lipinski definition) is 4. The molecule has 6 nitrogen and oxygen atoms in total. The van der Waals surface area contributed by atoms with Crippen LogP contribution in [0.2, 0.25) is 0 Å². The van der Waals surface area contributed by atoms with Gasteiger partial charge in [0.05, 0.1) is 6.54 Å². The van der Waals surface area contributed by atoms with Crippen LogP contribution in [-0.2, 0) is 6.54 Å². The van der Waals surface area contributed by atoms with E-state index in [1.165, 1.54) is 16.9 Å². The van der Waals surface area contributed by atoms with Crippen molar-refractivity contribution in [1.82, 2.24) is 15.2 Å². The molecule has 0 unspecified atom stereocenters. The number of anilines is 1. The molecule has 1 heterocycles. The van der Waals surface area contributed by atoms with Crippen molar-refractivity contribution in [2.24, 2.45) is 0 Å². The maximum absolute atomic E-state index is 12.8. The third-order valence-corrected chi connectivity index (χ3v) is 5.45. The predicted molar refractivity (Wildman–Crippen MR) is 120 cm³/mol. The Morgan fingerprint density at radius 2 is 1.83 bits per heavy atom. The maximum Gasteiger partial charge on any atom is 0.322 e. The van der Waals surface area contributed by atoms with Crippen LogP contribution in [0.3, 0.4) is 0 Å². The van der Waals surface area contributed by atoms with Crippen LogP contribution in [0.5, 0.6) is 0 Å². The molecule has 0 aliphatic carbocycles. The second kappa shape index (κ2) is 11.0. The minimum atomic E-state index is -0.179. The topological polar surface area (TPSA) is 74.3 Å². The molecule has 2 N–H and O–H groups in total. The molecule has 158 valence electrons. The zero-order valence-corrected chi connectivity index (χ0v) is 18.8. The standard InChI is InChI=1S/C22H32N4O2S/c1-6-7-12-23-21(27)19-14-29-20(25-19)13-26(16(4)5)22(28)24-18-10-8-17(9-11-18)15(2)3/h8-11,14-16H,6-7,12-13H2,1-5H3,(H,23,27)(H,24,28). The van der Waals surface area contributed by atoms with Gasteiger partial charge < -0.3 is 15.5 Å². The van der Waals surface area contributed by atoms with E-state index in [1.807, 2.05) is 38.1 Å². The fraction of sp³-hybridized carbons (Fsp3) is 0.500. The molecule has 7 heteroatoms. The van der Waals surface area contributed by atoms with Crippen LogP contribution >= 0.6 is 11.3 Å². The van der Waals surface area contributed by atoms with Gasteiger partial charge in [0, 0.05) is 23.7 Å². The summed E-state index contributed by atoms with van der Waals surface area (Å²) < 4.78 is 0. The van der Waals surface area contributed by atoms with Crippen molar-refractivity contribution < 1.29 is 9.59 Å². The summed E-state index contributed by atoms with van der Waals surface area (Å²) in [5, 5.41) is 8.32. The molecule has 1 aromatic carbocycles. The normalized spacial score (nSPS) is 11.0. The maximum atomic E-state index is 12.8. The van der Waals surface area contributed by atoms with Gasteiger partial charge in [-0.05, 0) is 43.9 Å². The van der Waals surface area contributed by atoms with Crippen molar-refractivity contribution in [3.05, 3.63) is 45.9 Å². The molecule has 1 aromatic heterocycles. The van der Waals surface area contributed by atoms with Crippen LogP contribution in [0.25, 0.3) is 0 Å². The van der Waals surface area contributed by atoms with E-state index in [1.54, 1.807) is 10.3 Å². The second-order valence-electron chi connectivity index (χ2n) is 7.66. The van der Waals surface area contributed by atoms with Gasteiger partial charge in [-0.1, -0.05) is 39.3 Å². The Hall–Kier alpha value is -2.41. The van der Waals surface area contributed by atoms with Gasteiger partial charge in [-0.25, -0.2) is 9.78 Å². The number of urea groups is 1. The average Bonchev–Trinajstić information content (AvgIpc) is 3.15. The van der Waals surface area contributed by atoms with Crippen LogP contribution in [0, 0.1) is 0 Å². The number of carbonyl (C=O) groups excluding carboxylic acids is 2. The molecule has 2 aromatic rings. The number of nitrogens with one attached hydrogen (secondary N) is 2. The molecule has 0 saturated heterocycles. The van der Waals surface area contributed by atoms with E-state index >= 15 is 0 Å². The van der Waals surface area contributed by atoms with Crippen LogP contribution in [0.1, 0.15) is 74.4 Å². The number of unbranched alkanes of at least 4 members (excludes halogenated alkanes) is 1. The van der Waals surface area contributed by atoms with Gasteiger partial charge in [-0.2, -0.15) is 0 Å². The first-order valence-electron chi connectivity index (χ1n) is 10.2. The third-order valence-electron chi connectivity index (χ3n) is 4.62. The highest BCUT2D eigenvalue weighted by Gasteiger charge is 2.20. The number of thiazole rings is 1. The smallest absolute Gasteiger partial charge is 0.322 e. The molecule has 29 heavy (non-hydrogen) atoms. The van der Waals surface area contributed by atoms with Crippen LogP contribution in [0.15, 0.2) is 29.6 Å². The number of nitrogens with zero attached hydrogens (tertiary/aromatic N) is 2. The lowest BCUT2D eigenvalue weighted by atomic mass is 10.0. The minimum absolute atomic E-state index is 0.00401. The summed E-state index contributed by atoms with van der Waals surface area (Å²) in [6.45, 7) is 11.3. The molecule has 3 amide bonds. The van der Waals surface area contributed by atoms with E-state index in [-0.39, 0.29) is 18.0 Å². The summed E-state index contributed by atoms with van der Waals surface area (Å²) in [6.07, 6.45) is 1.98. The molecule has 0 saturated carbocycles. The molecule has 2 rings (SSSR count). The van der Waals surface area contributed by atoms with Crippen molar-refractivity contribution in [2.45, 2.75) is 66.0 Å².